The van der Waals surface area contributed by atoms with Crippen LogP contribution >= 0.6 is 0 Å². The first kappa shape index (κ1) is 22.9. The molecule has 1 amide bonds. The first-order valence-corrected chi connectivity index (χ1v) is 11.2. The molecular weight excluding hydrogens is 466 g/mol. The van der Waals surface area contributed by atoms with Crippen molar-refractivity contribution in [1.82, 2.24) is 4.98 Å². The second-order valence-corrected chi connectivity index (χ2v) is 8.49. The van der Waals surface area contributed by atoms with Crippen LogP contribution in [0, 0.1) is 5.82 Å². The van der Waals surface area contributed by atoms with Crippen LogP contribution in [-0.4, -0.2) is 24.2 Å². The molecule has 1 aromatic heterocycles. The molecule has 3 heterocycles. The minimum atomic E-state index is -4.62. The maximum atomic E-state index is 14.1. The van der Waals surface area contributed by atoms with Gasteiger partial charge in [-0.15, -0.1) is 0 Å². The summed E-state index contributed by atoms with van der Waals surface area (Å²) in [5.41, 5.74) is 0.234. The summed E-state index contributed by atoms with van der Waals surface area (Å²) in [6.07, 6.45) is -2.00. The predicted molar refractivity (Wildman–Crippen MR) is 122 cm³/mol. The van der Waals surface area contributed by atoms with E-state index < -0.39 is 23.5 Å². The highest BCUT2D eigenvalue weighted by atomic mass is 19.4. The third-order valence-corrected chi connectivity index (χ3v) is 6.18. The molecule has 1 N–H and O–H groups in total. The molecule has 2 aliphatic rings. The molecule has 3 aromatic rings. The molecule has 0 fully saturated rings. The Bertz CT molecular complexity index is 1350. The van der Waals surface area contributed by atoms with Gasteiger partial charge in [0, 0.05) is 17.8 Å². The largest absolute Gasteiger partial charge is 0.491 e. The molecule has 0 saturated carbocycles. The van der Waals surface area contributed by atoms with Crippen LogP contribution in [0.1, 0.15) is 40.9 Å². The first-order valence-electron chi connectivity index (χ1n) is 11.2. The van der Waals surface area contributed by atoms with Crippen LogP contribution in [0.4, 0.5) is 34.6 Å². The van der Waals surface area contributed by atoms with Crippen LogP contribution in [0.25, 0.3) is 0 Å². The number of nitrogens with zero attached hydrogens (tertiary/aromatic N) is 2. The number of carbonyl (C=O) groups excluding carboxylic acids is 1. The molecule has 182 valence electrons. The van der Waals surface area contributed by atoms with E-state index in [9.17, 15) is 27.2 Å². The average molecular weight is 487 g/mol. The number of amides is 1. The zero-order chi connectivity index (χ0) is 24.7. The summed E-state index contributed by atoms with van der Waals surface area (Å²) in [6.45, 7) is 0.120. The Kier molecular flexibility index (Phi) is 5.74. The molecule has 0 atom stereocenters. The zero-order valence-electron chi connectivity index (χ0n) is 18.5. The topological polar surface area (TPSA) is 65.6 Å². The Morgan fingerprint density at radius 1 is 0.857 bits per heavy atom. The van der Waals surface area contributed by atoms with Gasteiger partial charge in [0.25, 0.3) is 5.91 Å². The van der Waals surface area contributed by atoms with Gasteiger partial charge < -0.3 is 14.6 Å². The number of alkyl halides is 3. The van der Waals surface area contributed by atoms with Crippen molar-refractivity contribution in [3.05, 3.63) is 81.5 Å². The van der Waals surface area contributed by atoms with Gasteiger partial charge in [0.05, 0.1) is 34.8 Å². The van der Waals surface area contributed by atoms with E-state index in [2.05, 4.69) is 4.98 Å². The highest BCUT2D eigenvalue weighted by Crippen LogP contribution is 2.43. The zero-order valence-corrected chi connectivity index (χ0v) is 18.5. The maximum absolute atomic E-state index is 14.1. The van der Waals surface area contributed by atoms with Gasteiger partial charge >= 0.3 is 6.18 Å². The minimum Gasteiger partial charge on any atom is -0.491 e. The van der Waals surface area contributed by atoms with Crippen LogP contribution in [0.15, 0.2) is 53.3 Å². The van der Waals surface area contributed by atoms with E-state index in [4.69, 9.17) is 4.74 Å². The monoisotopic (exact) mass is 487 g/mol. The Morgan fingerprint density at radius 3 is 2.46 bits per heavy atom. The summed E-state index contributed by atoms with van der Waals surface area (Å²) in [6, 6.07) is 9.59. The fourth-order valence-corrected chi connectivity index (χ4v) is 4.47. The summed E-state index contributed by atoms with van der Waals surface area (Å²) in [5, 5.41) is 0. The van der Waals surface area contributed by atoms with Crippen molar-refractivity contribution >= 4 is 23.0 Å². The third-order valence-electron chi connectivity index (χ3n) is 6.18. The number of benzene rings is 2. The summed E-state index contributed by atoms with van der Waals surface area (Å²) < 4.78 is 60.6. The van der Waals surface area contributed by atoms with Crippen molar-refractivity contribution in [2.45, 2.75) is 31.9 Å². The van der Waals surface area contributed by atoms with Gasteiger partial charge in [0.2, 0.25) is 5.56 Å². The Hall–Kier alpha value is -3.82. The fraction of sp³-hybridized carbons (Fsp3) is 0.280. The van der Waals surface area contributed by atoms with Crippen LogP contribution in [0.5, 0.6) is 5.75 Å². The van der Waals surface area contributed by atoms with E-state index >= 15 is 0 Å². The molecule has 6 nitrogen and oxygen atoms in total. The van der Waals surface area contributed by atoms with E-state index in [-0.39, 0.29) is 35.8 Å². The van der Waals surface area contributed by atoms with Crippen LogP contribution < -0.4 is 20.1 Å². The smallest absolute Gasteiger partial charge is 0.416 e. The highest BCUT2D eigenvalue weighted by Gasteiger charge is 2.37. The van der Waals surface area contributed by atoms with E-state index in [1.54, 1.807) is 6.07 Å². The highest BCUT2D eigenvalue weighted by molar-refractivity contribution is 6.13. The number of ether oxygens (including phenoxy) is 1. The molecule has 35 heavy (non-hydrogen) atoms. The normalized spacial score (nSPS) is 16.2. The van der Waals surface area contributed by atoms with E-state index in [1.807, 2.05) is 0 Å². The Labute approximate surface area is 197 Å². The lowest BCUT2D eigenvalue weighted by Gasteiger charge is -2.39. The minimum absolute atomic E-state index is 0.0402. The number of aromatic amines is 1. The molecule has 0 spiro atoms. The van der Waals surface area contributed by atoms with Crippen molar-refractivity contribution in [1.29, 1.82) is 0 Å². The molecule has 0 saturated heterocycles. The Morgan fingerprint density at radius 2 is 1.66 bits per heavy atom. The number of hydrogen-bond donors (Lipinski definition) is 1. The Balaban J connectivity index is 1.74. The third kappa shape index (κ3) is 4.36. The van der Waals surface area contributed by atoms with E-state index in [0.29, 0.717) is 36.3 Å². The first-order chi connectivity index (χ1) is 16.7. The lowest BCUT2D eigenvalue weighted by molar-refractivity contribution is -0.137. The van der Waals surface area contributed by atoms with Crippen molar-refractivity contribution < 1.29 is 27.1 Å². The predicted octanol–water partition coefficient (Wildman–Crippen LogP) is 5.39. The average Bonchev–Trinajstić information content (AvgIpc) is 2.82. The molecule has 2 aromatic carbocycles. The van der Waals surface area contributed by atoms with Crippen molar-refractivity contribution in [3.63, 3.8) is 0 Å². The maximum Gasteiger partial charge on any atom is 0.416 e. The second kappa shape index (κ2) is 8.75. The number of nitrogens with one attached hydrogen (secondary N) is 1. The van der Waals surface area contributed by atoms with Gasteiger partial charge in [0.1, 0.15) is 18.2 Å². The number of halogens is 4. The van der Waals surface area contributed by atoms with Gasteiger partial charge in [-0.2, -0.15) is 13.2 Å². The number of anilines is 3. The van der Waals surface area contributed by atoms with Gasteiger partial charge in [-0.05, 0) is 62.1 Å². The lowest BCUT2D eigenvalue weighted by atomic mass is 10.0. The number of carbonyl (C=O) groups is 1. The van der Waals surface area contributed by atoms with Crippen molar-refractivity contribution in [2.24, 2.45) is 0 Å². The molecule has 10 heteroatoms. The molecule has 0 unspecified atom stereocenters. The number of aromatic nitrogens is 1. The number of hydrogen-bond acceptors (Lipinski definition) is 4. The standard InChI is InChI=1S/C25H21F4N3O3/c26-16-6-8-20-22(13-16)35-11-3-1-2-4-18-19(9-10-23(33)30-18)32-14-31(20)21-12-15(25(27,28)29)5-7-17(21)24(32)34/h5-10,12-13H,1-4,11,14H2,(H,30,33). The number of H-pyrrole nitrogens is 1. The molecule has 0 radical (unpaired) electrons. The van der Waals surface area contributed by atoms with Gasteiger partial charge in [0.15, 0.2) is 0 Å². The number of pyridine rings is 1. The molecular formula is C25H21F4N3O3. The summed E-state index contributed by atoms with van der Waals surface area (Å²) in [7, 11) is 0. The quantitative estimate of drug-likeness (QED) is 0.432. The number of rotatable bonds is 0. The van der Waals surface area contributed by atoms with E-state index in [0.717, 1.165) is 24.6 Å². The number of fused-ring (bicyclic) bond motifs is 8. The van der Waals surface area contributed by atoms with Crippen LogP contribution in [0.3, 0.4) is 0 Å². The molecule has 5 rings (SSSR count). The second-order valence-electron chi connectivity index (χ2n) is 8.49. The lowest BCUT2D eigenvalue weighted by Crippen LogP contribution is -2.46. The molecule has 2 bridgehead atoms. The number of aryl methyl sites for hydroxylation is 1. The van der Waals surface area contributed by atoms with Gasteiger partial charge in [-0.25, -0.2) is 4.39 Å². The fourth-order valence-electron chi connectivity index (χ4n) is 4.47. The van der Waals surface area contributed by atoms with Crippen LogP contribution in [0.2, 0.25) is 0 Å². The molecule has 0 aliphatic carbocycles. The van der Waals surface area contributed by atoms with Crippen LogP contribution in [-0.2, 0) is 12.6 Å². The summed E-state index contributed by atoms with van der Waals surface area (Å²) in [4.78, 5) is 31.3. The summed E-state index contributed by atoms with van der Waals surface area (Å²) >= 11 is 0. The van der Waals surface area contributed by atoms with Crippen molar-refractivity contribution in [2.75, 3.05) is 23.1 Å². The van der Waals surface area contributed by atoms with Gasteiger partial charge in [-0.1, -0.05) is 0 Å². The molecule has 2 aliphatic heterocycles. The SMILES string of the molecule is O=C1c2ccc(C(F)(F)F)cc2N2CN1c1ccc(=O)[nH]c1CCCCCOc1cc(F)ccc12. The van der Waals surface area contributed by atoms with Gasteiger partial charge in [-0.3, -0.25) is 14.5 Å². The van der Waals surface area contributed by atoms with E-state index in [1.165, 1.54) is 34.1 Å². The summed E-state index contributed by atoms with van der Waals surface area (Å²) in [5.74, 6) is -0.883. The van der Waals surface area contributed by atoms with Crippen molar-refractivity contribution in [3.8, 4) is 5.75 Å².